The second-order valence-corrected chi connectivity index (χ2v) is 14.1. The van der Waals surface area contributed by atoms with Gasteiger partial charge in [-0.05, 0) is 99.0 Å². The number of hydrogen-bond donors (Lipinski definition) is 1. The molecule has 48 heavy (non-hydrogen) atoms. The van der Waals surface area contributed by atoms with Crippen LogP contribution in [0.5, 0.6) is 0 Å². The van der Waals surface area contributed by atoms with Gasteiger partial charge in [0.1, 0.15) is 11.6 Å². The van der Waals surface area contributed by atoms with Crippen molar-refractivity contribution < 1.29 is 9.18 Å². The molecule has 254 valence electrons. The normalized spacial score (nSPS) is 20.2. The second-order valence-electron chi connectivity index (χ2n) is 14.1. The Morgan fingerprint density at radius 3 is 2.44 bits per heavy atom. The van der Waals surface area contributed by atoms with Gasteiger partial charge in [0.15, 0.2) is 5.65 Å². The van der Waals surface area contributed by atoms with E-state index in [-0.39, 0.29) is 34.7 Å². The highest BCUT2D eigenvalue weighted by molar-refractivity contribution is 5.84. The zero-order valence-corrected chi connectivity index (χ0v) is 28.3. The highest BCUT2D eigenvalue weighted by Gasteiger charge is 2.30. The molecule has 2 aromatic carbocycles. The summed E-state index contributed by atoms with van der Waals surface area (Å²) in [6, 6.07) is 16.4. The quantitative estimate of drug-likeness (QED) is 0.266. The van der Waals surface area contributed by atoms with E-state index >= 15 is 0 Å². The van der Waals surface area contributed by atoms with Crippen molar-refractivity contribution in [2.75, 3.05) is 33.2 Å². The van der Waals surface area contributed by atoms with Crippen LogP contribution in [0.4, 0.5) is 4.39 Å². The summed E-state index contributed by atoms with van der Waals surface area (Å²) in [6.45, 7) is 9.13. The van der Waals surface area contributed by atoms with Crippen LogP contribution < -0.4 is 17.0 Å². The number of pyridine rings is 1. The van der Waals surface area contributed by atoms with Gasteiger partial charge in [0, 0.05) is 32.1 Å². The van der Waals surface area contributed by atoms with Crippen LogP contribution in [0.15, 0.2) is 70.4 Å². The minimum Gasteiger partial charge on any atom is -0.321 e. The molecule has 9 nitrogen and oxygen atoms in total. The maximum absolute atomic E-state index is 14.5. The zero-order valence-electron chi connectivity index (χ0n) is 28.3. The molecule has 2 aromatic heterocycles. The van der Waals surface area contributed by atoms with Crippen molar-refractivity contribution in [1.29, 1.82) is 0 Å². The molecule has 1 saturated heterocycles. The summed E-state index contributed by atoms with van der Waals surface area (Å²) < 4.78 is 17.2. The van der Waals surface area contributed by atoms with Crippen molar-refractivity contribution in [1.82, 2.24) is 23.9 Å². The third kappa shape index (κ3) is 7.36. The fraction of sp³-hybridized carbons (Fsp3) is 0.474. The lowest BCUT2D eigenvalue weighted by molar-refractivity contribution is -0.122. The number of aromatic nitrogens is 3. The summed E-state index contributed by atoms with van der Waals surface area (Å²) in [5.41, 5.74) is 8.90. The number of hydrogen-bond acceptors (Lipinski definition) is 7. The monoisotopic (exact) mass is 654 g/mol. The number of carbonyl (C=O) groups excluding carboxylic acids is 1. The second kappa shape index (κ2) is 14.6. The lowest BCUT2D eigenvalue weighted by Gasteiger charge is -2.30. The van der Waals surface area contributed by atoms with E-state index < -0.39 is 23.1 Å². The first-order valence-electron chi connectivity index (χ1n) is 17.3. The summed E-state index contributed by atoms with van der Waals surface area (Å²) in [6.07, 6.45) is 5.15. The van der Waals surface area contributed by atoms with E-state index in [1.165, 1.54) is 27.2 Å². The third-order valence-electron chi connectivity index (χ3n) is 10.3. The lowest BCUT2D eigenvalue weighted by atomic mass is 9.81. The molecule has 0 unspecified atom stereocenters. The van der Waals surface area contributed by atoms with Crippen molar-refractivity contribution in [3.63, 3.8) is 0 Å². The van der Waals surface area contributed by atoms with Gasteiger partial charge >= 0.3 is 5.69 Å². The Morgan fingerprint density at radius 1 is 0.958 bits per heavy atom. The van der Waals surface area contributed by atoms with Gasteiger partial charge in [0.05, 0.1) is 23.3 Å². The number of ketones is 1. The first-order chi connectivity index (χ1) is 23.1. The molecule has 1 saturated carbocycles. The van der Waals surface area contributed by atoms with E-state index in [0.717, 1.165) is 50.0 Å². The van der Waals surface area contributed by atoms with Gasteiger partial charge in [-0.25, -0.2) is 18.7 Å². The van der Waals surface area contributed by atoms with Crippen molar-refractivity contribution in [3.8, 4) is 16.8 Å². The fourth-order valence-corrected chi connectivity index (χ4v) is 7.28. The summed E-state index contributed by atoms with van der Waals surface area (Å²) in [5.74, 6) is -0.348. The average molecular weight is 655 g/mol. The van der Waals surface area contributed by atoms with Crippen LogP contribution in [0.25, 0.3) is 27.8 Å². The van der Waals surface area contributed by atoms with E-state index in [0.29, 0.717) is 37.8 Å². The van der Waals surface area contributed by atoms with Gasteiger partial charge in [-0.15, -0.1) is 0 Å². The standard InChI is InChI=1S/C38H47FN6O3/c1-25(2)35(40)34(46)20-26-10-14-31(15-11-26)45-37(47)33-22-30(39)23-41-36(33)44(38(45)48)32-7-4-6-29(21-32)28-12-8-27(9-13-28)24-43-17-5-16-42(3)18-19-43/h4,6-9,12-13,21-23,25-26,31,35H,5,10-11,14-20,24,40H2,1-3H3/t26?,31?,35-/m0/s1. The van der Waals surface area contributed by atoms with E-state index in [1.54, 1.807) is 0 Å². The molecular formula is C38H47FN6O3. The summed E-state index contributed by atoms with van der Waals surface area (Å²) in [7, 11) is 2.17. The molecule has 3 heterocycles. The molecule has 1 atom stereocenters. The van der Waals surface area contributed by atoms with Gasteiger partial charge in [-0.3, -0.25) is 19.1 Å². The van der Waals surface area contributed by atoms with E-state index in [9.17, 15) is 18.8 Å². The predicted molar refractivity (Wildman–Crippen MR) is 188 cm³/mol. The van der Waals surface area contributed by atoms with Crippen LogP contribution in [-0.2, 0) is 11.3 Å². The average Bonchev–Trinajstić information content (AvgIpc) is 3.29. The maximum atomic E-state index is 14.5. The van der Waals surface area contributed by atoms with E-state index in [2.05, 4.69) is 46.1 Å². The molecule has 2 fully saturated rings. The van der Waals surface area contributed by atoms with Gasteiger partial charge < -0.3 is 10.6 Å². The van der Waals surface area contributed by atoms with Crippen molar-refractivity contribution in [2.45, 2.75) is 71.0 Å². The molecule has 0 radical (unpaired) electrons. The number of fused-ring (bicyclic) bond motifs is 1. The summed E-state index contributed by atoms with van der Waals surface area (Å²) in [5, 5.41) is 0.0595. The Bertz CT molecular complexity index is 1880. The smallest absolute Gasteiger partial charge is 0.321 e. The number of nitrogens with two attached hydrogens (primary N) is 1. The molecule has 0 bridgehead atoms. The third-order valence-corrected chi connectivity index (χ3v) is 10.3. The number of halogens is 1. The van der Waals surface area contributed by atoms with Crippen LogP contribution in [0, 0.1) is 17.7 Å². The van der Waals surface area contributed by atoms with Gasteiger partial charge in [-0.1, -0.05) is 50.2 Å². The molecule has 0 spiro atoms. The number of benzene rings is 2. The summed E-state index contributed by atoms with van der Waals surface area (Å²) >= 11 is 0. The Hall–Kier alpha value is -3.99. The first-order valence-corrected chi connectivity index (χ1v) is 17.3. The fourth-order valence-electron chi connectivity index (χ4n) is 7.28. The molecule has 6 rings (SSSR count). The predicted octanol–water partition coefficient (Wildman–Crippen LogP) is 5.16. The molecule has 4 aromatic rings. The number of carbonyl (C=O) groups is 1. The van der Waals surface area contributed by atoms with Crippen LogP contribution in [0.2, 0.25) is 0 Å². The van der Waals surface area contributed by atoms with E-state index in [4.69, 9.17) is 5.73 Å². The molecule has 0 amide bonds. The Morgan fingerprint density at radius 2 is 1.71 bits per heavy atom. The molecule has 2 N–H and O–H groups in total. The largest absolute Gasteiger partial charge is 0.337 e. The minimum absolute atomic E-state index is 0.0557. The summed E-state index contributed by atoms with van der Waals surface area (Å²) in [4.78, 5) is 49.8. The molecular weight excluding hydrogens is 607 g/mol. The van der Waals surface area contributed by atoms with Crippen molar-refractivity contribution in [3.05, 3.63) is 93.0 Å². The Kier molecular flexibility index (Phi) is 10.3. The van der Waals surface area contributed by atoms with Gasteiger partial charge in [-0.2, -0.15) is 0 Å². The molecule has 1 aliphatic heterocycles. The molecule has 1 aliphatic carbocycles. The molecule has 10 heteroatoms. The number of rotatable bonds is 9. The SMILES string of the molecule is CC(C)[C@H](N)C(=O)CC1CCC(n2c(=O)c3cc(F)cnc3n(-c3cccc(-c4ccc(CN5CCCN(C)CC5)cc4)c3)c2=O)CC1. The van der Waals surface area contributed by atoms with Crippen molar-refractivity contribution in [2.24, 2.45) is 17.6 Å². The van der Waals surface area contributed by atoms with Gasteiger partial charge in [0.2, 0.25) is 0 Å². The Balaban J connectivity index is 1.28. The number of Topliss-reactive ketones (excluding diaryl/α,β-unsaturated/α-hetero) is 1. The van der Waals surface area contributed by atoms with Crippen LogP contribution in [0.3, 0.4) is 0 Å². The highest BCUT2D eigenvalue weighted by Crippen LogP contribution is 2.34. The Labute approximate surface area is 281 Å². The van der Waals surface area contributed by atoms with Gasteiger partial charge in [0.25, 0.3) is 5.56 Å². The zero-order chi connectivity index (χ0) is 33.9. The maximum Gasteiger partial charge on any atom is 0.337 e. The van der Waals surface area contributed by atoms with Crippen LogP contribution in [0.1, 0.15) is 64.0 Å². The minimum atomic E-state index is -0.638. The highest BCUT2D eigenvalue weighted by atomic mass is 19.1. The topological polar surface area (TPSA) is 106 Å². The van der Waals surface area contributed by atoms with Crippen LogP contribution >= 0.6 is 0 Å². The lowest BCUT2D eigenvalue weighted by Crippen LogP contribution is -2.43. The number of nitrogens with zero attached hydrogens (tertiary/aromatic N) is 5. The first kappa shape index (κ1) is 33.9. The van der Waals surface area contributed by atoms with Crippen LogP contribution in [-0.4, -0.2) is 69.0 Å². The van der Waals surface area contributed by atoms with E-state index in [1.807, 2.05) is 38.1 Å². The van der Waals surface area contributed by atoms with Crippen molar-refractivity contribution >= 4 is 16.8 Å². The number of likely N-dealkylation sites (N-methyl/N-ethyl adjacent to an activating group) is 1. The molecule has 2 aliphatic rings.